The summed E-state index contributed by atoms with van der Waals surface area (Å²) in [7, 11) is 3.74. The summed E-state index contributed by atoms with van der Waals surface area (Å²) >= 11 is 0. The van der Waals surface area contributed by atoms with Gasteiger partial charge in [-0.05, 0) is 51.0 Å². The van der Waals surface area contributed by atoms with Crippen LogP contribution in [0.4, 0.5) is 26.4 Å². The molecule has 0 fully saturated rings. The molecule has 1 aliphatic rings. The molecule has 10 heteroatoms. The van der Waals surface area contributed by atoms with Crippen molar-refractivity contribution in [2.45, 2.75) is 19.9 Å². The molecule has 3 heterocycles. The van der Waals surface area contributed by atoms with Crippen molar-refractivity contribution in [1.82, 2.24) is 14.9 Å². The summed E-state index contributed by atoms with van der Waals surface area (Å²) in [5.74, 6) is 0.154. The number of fused-ring (bicyclic) bond motifs is 2. The van der Waals surface area contributed by atoms with Crippen LogP contribution >= 0.6 is 0 Å². The van der Waals surface area contributed by atoms with Crippen molar-refractivity contribution in [3.05, 3.63) is 35.9 Å². The molecule has 0 spiro atoms. The molecule has 0 unspecified atom stereocenters. The van der Waals surface area contributed by atoms with Crippen LogP contribution in [0.25, 0.3) is 21.9 Å². The average molecular weight is 455 g/mol. The summed E-state index contributed by atoms with van der Waals surface area (Å²) in [4.78, 5) is 23.7. The van der Waals surface area contributed by atoms with E-state index in [1.54, 1.807) is 18.3 Å². The number of aromatic nitrogens is 2. The normalized spacial score (nSPS) is 13.9. The van der Waals surface area contributed by atoms with Crippen LogP contribution in [0.15, 0.2) is 24.5 Å². The van der Waals surface area contributed by atoms with Crippen molar-refractivity contribution < 1.29 is 19.0 Å². The highest BCUT2D eigenvalue weighted by Gasteiger charge is 2.25. The number of carbonyl (C=O) groups is 1. The largest absolute Gasteiger partial charge is 0.474 e. The fourth-order valence-electron chi connectivity index (χ4n) is 4.23. The minimum absolute atomic E-state index is 0.0499. The molecule has 4 N–H and O–H groups in total. The molecular formula is C23H27FN6O3. The second-order valence-electron chi connectivity index (χ2n) is 8.43. The molecule has 3 aromatic rings. The number of amides is 1. The molecule has 1 atom stereocenters. The van der Waals surface area contributed by atoms with Crippen molar-refractivity contribution >= 4 is 34.1 Å². The Balaban J connectivity index is 1.85. The Morgan fingerprint density at radius 1 is 1.30 bits per heavy atom. The van der Waals surface area contributed by atoms with Crippen LogP contribution in [-0.2, 0) is 0 Å². The molecule has 174 valence electrons. The predicted molar refractivity (Wildman–Crippen MR) is 127 cm³/mol. The number of rotatable bonds is 5. The number of nitrogens with one attached hydrogen (secondary N) is 1. The molecule has 1 amide bonds. The quantitative estimate of drug-likeness (QED) is 0.501. The van der Waals surface area contributed by atoms with Gasteiger partial charge in [-0.15, -0.1) is 0 Å². The van der Waals surface area contributed by atoms with Crippen molar-refractivity contribution in [2.75, 3.05) is 49.7 Å². The standard InChI is InChI=1S/C23H27FN6O3/c1-12(11-29(3)4)30(23(31)32)18-8-14-7-15(19(24)20(25)17(14)10-27-18)16-9-28-22-21(13(16)2)26-5-6-33-22/h7-10,12,26H,5-6,11,25H2,1-4H3,(H,31,32)/t12-/m0/s1. The Kier molecular flexibility index (Phi) is 5.94. The van der Waals surface area contributed by atoms with E-state index in [1.165, 1.54) is 11.1 Å². The summed E-state index contributed by atoms with van der Waals surface area (Å²) in [5.41, 5.74) is 8.46. The van der Waals surface area contributed by atoms with Crippen molar-refractivity contribution in [3.63, 3.8) is 0 Å². The predicted octanol–water partition coefficient (Wildman–Crippen LogP) is 3.57. The first-order valence-corrected chi connectivity index (χ1v) is 10.6. The zero-order valence-corrected chi connectivity index (χ0v) is 19.0. The minimum Gasteiger partial charge on any atom is -0.474 e. The average Bonchev–Trinajstić information content (AvgIpc) is 2.76. The van der Waals surface area contributed by atoms with Gasteiger partial charge < -0.3 is 25.8 Å². The molecule has 0 saturated heterocycles. The summed E-state index contributed by atoms with van der Waals surface area (Å²) in [6, 6.07) is 2.93. The number of likely N-dealkylation sites (N-methyl/N-ethyl adjacent to an activating group) is 1. The van der Waals surface area contributed by atoms with Crippen LogP contribution in [0, 0.1) is 12.7 Å². The lowest BCUT2D eigenvalue weighted by Crippen LogP contribution is -2.43. The summed E-state index contributed by atoms with van der Waals surface area (Å²) < 4.78 is 20.9. The van der Waals surface area contributed by atoms with E-state index >= 15 is 4.39 Å². The van der Waals surface area contributed by atoms with Crippen molar-refractivity contribution in [3.8, 4) is 17.0 Å². The Morgan fingerprint density at radius 3 is 2.76 bits per heavy atom. The number of nitrogens with zero attached hydrogens (tertiary/aromatic N) is 4. The Labute approximate surface area is 191 Å². The lowest BCUT2D eigenvalue weighted by atomic mass is 9.97. The Hall–Kier alpha value is -3.66. The maximum atomic E-state index is 15.3. The van der Waals surface area contributed by atoms with Crippen LogP contribution in [0.1, 0.15) is 12.5 Å². The number of halogens is 1. The number of anilines is 3. The van der Waals surface area contributed by atoms with Gasteiger partial charge in [0.1, 0.15) is 18.1 Å². The topological polar surface area (TPSA) is 117 Å². The van der Waals surface area contributed by atoms with E-state index in [9.17, 15) is 9.90 Å². The van der Waals surface area contributed by atoms with E-state index in [1.807, 2.05) is 32.8 Å². The van der Waals surface area contributed by atoms with Gasteiger partial charge in [0.05, 0.1) is 11.7 Å². The highest BCUT2D eigenvalue weighted by atomic mass is 19.1. The van der Waals surface area contributed by atoms with E-state index in [0.717, 1.165) is 11.3 Å². The zero-order valence-electron chi connectivity index (χ0n) is 19.0. The van der Waals surface area contributed by atoms with Gasteiger partial charge in [0.25, 0.3) is 0 Å². The fourth-order valence-corrected chi connectivity index (χ4v) is 4.23. The van der Waals surface area contributed by atoms with Crippen LogP contribution < -0.4 is 20.7 Å². The van der Waals surface area contributed by atoms with Crippen LogP contribution in [0.3, 0.4) is 0 Å². The van der Waals surface area contributed by atoms with Crippen molar-refractivity contribution in [2.24, 2.45) is 0 Å². The molecule has 0 bridgehead atoms. The first-order chi connectivity index (χ1) is 15.7. The number of ether oxygens (including phenoxy) is 1. The number of pyridine rings is 2. The van der Waals surface area contributed by atoms with E-state index in [2.05, 4.69) is 15.3 Å². The van der Waals surface area contributed by atoms with Crippen LogP contribution in [0.2, 0.25) is 0 Å². The Bertz CT molecular complexity index is 1230. The van der Waals surface area contributed by atoms with Gasteiger partial charge in [-0.25, -0.2) is 19.2 Å². The molecule has 2 aromatic heterocycles. The van der Waals surface area contributed by atoms with Gasteiger partial charge in [-0.1, -0.05) is 0 Å². The maximum absolute atomic E-state index is 15.3. The number of nitrogen functional groups attached to an aromatic ring is 1. The van der Waals surface area contributed by atoms with Crippen LogP contribution in [-0.4, -0.2) is 65.9 Å². The van der Waals surface area contributed by atoms with Gasteiger partial charge in [-0.2, -0.15) is 0 Å². The number of nitrogens with two attached hydrogens (primary N) is 1. The molecule has 4 rings (SSSR count). The van der Waals surface area contributed by atoms with E-state index in [0.29, 0.717) is 41.9 Å². The molecule has 9 nitrogen and oxygen atoms in total. The smallest absolute Gasteiger partial charge is 0.413 e. The molecule has 0 radical (unpaired) electrons. The summed E-state index contributed by atoms with van der Waals surface area (Å²) in [6.45, 7) is 5.33. The molecular weight excluding hydrogens is 427 g/mol. The second-order valence-corrected chi connectivity index (χ2v) is 8.43. The SMILES string of the molecule is Cc1c(-c2cc3cc(N(C(=O)O)[C@@H](C)CN(C)C)ncc3c(N)c2F)cnc2c1NCCO2. The first-order valence-electron chi connectivity index (χ1n) is 10.6. The van der Waals surface area contributed by atoms with Gasteiger partial charge in [0.15, 0.2) is 5.82 Å². The highest BCUT2D eigenvalue weighted by molar-refractivity contribution is 5.99. The lowest BCUT2D eigenvalue weighted by molar-refractivity contribution is 0.197. The fraction of sp³-hybridized carbons (Fsp3) is 0.348. The molecule has 0 aliphatic carbocycles. The number of benzene rings is 1. The van der Waals surface area contributed by atoms with Gasteiger partial charge >= 0.3 is 6.09 Å². The van der Waals surface area contributed by atoms with Gasteiger partial charge in [0, 0.05) is 42.0 Å². The third-order valence-electron chi connectivity index (χ3n) is 5.74. The zero-order chi connectivity index (χ0) is 23.9. The van der Waals surface area contributed by atoms with E-state index in [-0.39, 0.29) is 23.1 Å². The molecule has 1 aromatic carbocycles. The second kappa shape index (κ2) is 8.70. The number of hydrogen-bond acceptors (Lipinski definition) is 7. The molecule has 33 heavy (non-hydrogen) atoms. The maximum Gasteiger partial charge on any atom is 0.413 e. The van der Waals surface area contributed by atoms with E-state index in [4.69, 9.17) is 10.5 Å². The number of carboxylic acid groups (broad SMARTS) is 1. The highest BCUT2D eigenvalue weighted by Crippen LogP contribution is 2.39. The lowest BCUT2D eigenvalue weighted by Gasteiger charge is -2.28. The summed E-state index contributed by atoms with van der Waals surface area (Å²) in [5, 5.41) is 14.1. The Morgan fingerprint density at radius 2 is 2.06 bits per heavy atom. The summed E-state index contributed by atoms with van der Waals surface area (Å²) in [6.07, 6.45) is 1.86. The van der Waals surface area contributed by atoms with Crippen molar-refractivity contribution in [1.29, 1.82) is 0 Å². The number of hydrogen-bond donors (Lipinski definition) is 3. The monoisotopic (exact) mass is 454 g/mol. The van der Waals surface area contributed by atoms with Gasteiger partial charge in [-0.3, -0.25) is 4.90 Å². The molecule has 0 saturated carbocycles. The third kappa shape index (κ3) is 4.09. The third-order valence-corrected chi connectivity index (χ3v) is 5.74. The van der Waals surface area contributed by atoms with Gasteiger partial charge in [0.2, 0.25) is 5.88 Å². The molecule has 1 aliphatic heterocycles. The van der Waals surface area contributed by atoms with E-state index < -0.39 is 11.9 Å². The van der Waals surface area contributed by atoms with Crippen LogP contribution in [0.5, 0.6) is 5.88 Å². The first kappa shape index (κ1) is 22.5. The minimum atomic E-state index is -1.12.